The van der Waals surface area contributed by atoms with E-state index in [-0.39, 0.29) is 0 Å². The molecule has 0 amide bonds. The van der Waals surface area contributed by atoms with Crippen molar-refractivity contribution >= 4 is 5.69 Å². The van der Waals surface area contributed by atoms with Gasteiger partial charge in [-0.2, -0.15) is 7.05 Å². The molecule has 0 spiro atoms. The molecule has 1 aliphatic heterocycles. The van der Waals surface area contributed by atoms with Crippen LogP contribution in [0.1, 0.15) is 5.56 Å². The van der Waals surface area contributed by atoms with Gasteiger partial charge < -0.3 is 15.1 Å². The zero-order valence-electron chi connectivity index (χ0n) is 10.0. The van der Waals surface area contributed by atoms with E-state index in [1.165, 1.54) is 11.3 Å². The first-order valence-electron chi connectivity index (χ1n) is 5.93. The van der Waals surface area contributed by atoms with E-state index >= 15 is 0 Å². The molecule has 0 aliphatic carbocycles. The second-order valence-corrected chi connectivity index (χ2v) is 4.45. The minimum atomic E-state index is 0.961. The summed E-state index contributed by atoms with van der Waals surface area (Å²) in [7, 11) is 5.95. The number of rotatable bonds is 3. The van der Waals surface area contributed by atoms with Gasteiger partial charge in [0.2, 0.25) is 0 Å². The van der Waals surface area contributed by atoms with Crippen molar-refractivity contribution in [3.05, 3.63) is 36.9 Å². The predicted octanol–water partition coefficient (Wildman–Crippen LogP) is 0.293. The second-order valence-electron chi connectivity index (χ2n) is 4.45. The topological polar surface area (TPSA) is 23.1 Å². The molecule has 0 bridgehead atoms. The van der Waals surface area contributed by atoms with Crippen LogP contribution in [0.25, 0.3) is 0 Å². The Morgan fingerprint density at radius 3 is 2.31 bits per heavy atom. The van der Waals surface area contributed by atoms with Crippen LogP contribution >= 0.6 is 0 Å². The zero-order chi connectivity index (χ0) is 11.4. The van der Waals surface area contributed by atoms with Crippen LogP contribution in [-0.4, -0.2) is 38.1 Å². The molecule has 0 atom stereocenters. The maximum Gasteiger partial charge on any atom is 0.0773 e. The van der Waals surface area contributed by atoms with E-state index in [2.05, 4.69) is 48.2 Å². The first-order chi connectivity index (χ1) is 7.79. The van der Waals surface area contributed by atoms with Crippen LogP contribution in [0.2, 0.25) is 0 Å². The van der Waals surface area contributed by atoms with E-state index < -0.39 is 0 Å². The van der Waals surface area contributed by atoms with Gasteiger partial charge in [0.15, 0.2) is 0 Å². The van der Waals surface area contributed by atoms with Crippen molar-refractivity contribution in [1.82, 2.24) is 4.90 Å². The molecule has 0 aromatic heterocycles. The average Bonchev–Trinajstić information content (AvgIpc) is 2.32. The number of hydrogen-bond donors (Lipinski definition) is 1. The van der Waals surface area contributed by atoms with Gasteiger partial charge in [0.1, 0.15) is 0 Å². The van der Waals surface area contributed by atoms with Gasteiger partial charge in [-0.15, -0.1) is 0 Å². The van der Waals surface area contributed by atoms with E-state index in [4.69, 9.17) is 0 Å². The van der Waals surface area contributed by atoms with E-state index in [0.29, 0.717) is 0 Å². The maximum atomic E-state index is 3.76. The molecule has 1 saturated heterocycles. The smallest absolute Gasteiger partial charge is 0.0773 e. The Kier molecular flexibility index (Phi) is 3.80. The lowest BCUT2D eigenvalue weighted by Crippen LogP contribution is -2.74. The van der Waals surface area contributed by atoms with Crippen LogP contribution in [0.4, 0.5) is 5.69 Å². The summed E-state index contributed by atoms with van der Waals surface area (Å²) < 4.78 is 0. The Labute approximate surface area is 98.0 Å². The number of hydrogen-bond acceptors (Lipinski definition) is 2. The molecule has 3 heteroatoms. The first-order valence-corrected chi connectivity index (χ1v) is 5.93. The average molecular weight is 219 g/mol. The number of nitrogens with zero attached hydrogens (tertiary/aromatic N) is 2. The van der Waals surface area contributed by atoms with Crippen molar-refractivity contribution in [3.63, 3.8) is 0 Å². The fraction of sp³-hybridized carbons (Fsp3) is 0.462. The normalized spacial score (nSPS) is 17.8. The maximum absolute atomic E-state index is 3.76. The molecule has 2 N–H and O–H groups in total. The van der Waals surface area contributed by atoms with Crippen molar-refractivity contribution in [3.8, 4) is 0 Å². The third kappa shape index (κ3) is 2.74. The van der Waals surface area contributed by atoms with Crippen molar-refractivity contribution in [2.75, 3.05) is 38.1 Å². The lowest BCUT2D eigenvalue weighted by Gasteiger charge is -2.34. The van der Waals surface area contributed by atoms with Crippen LogP contribution in [0, 0.1) is 7.05 Å². The van der Waals surface area contributed by atoms with Crippen molar-refractivity contribution in [1.29, 1.82) is 0 Å². The van der Waals surface area contributed by atoms with Crippen LogP contribution in [-0.2, 0) is 6.54 Å². The minimum absolute atomic E-state index is 0.961. The molecule has 1 fully saturated rings. The quantitative estimate of drug-likeness (QED) is 0.739. The molecule has 0 saturated carbocycles. The molecule has 88 valence electrons. The molecular weight excluding hydrogens is 198 g/mol. The lowest BCUT2D eigenvalue weighted by atomic mass is 10.2. The molecule has 2 rings (SSSR count). The van der Waals surface area contributed by atoms with E-state index in [1.807, 2.05) is 5.32 Å². The fourth-order valence-electron chi connectivity index (χ4n) is 2.07. The summed E-state index contributed by atoms with van der Waals surface area (Å²) in [6.45, 7) is 5.56. The highest BCUT2D eigenvalue weighted by atomic mass is 15.2. The first kappa shape index (κ1) is 11.4. The van der Waals surface area contributed by atoms with Crippen molar-refractivity contribution in [2.45, 2.75) is 6.54 Å². The Bertz CT molecular complexity index is 312. The Morgan fingerprint density at radius 1 is 1.12 bits per heavy atom. The SMILES string of the molecule is [CH2-][NH2+]Cc1ccc(N2CCN(C)CC2)cc1. The third-order valence-electron chi connectivity index (χ3n) is 3.18. The largest absolute Gasteiger partial charge is 0.475 e. The van der Waals surface area contributed by atoms with E-state index in [0.717, 1.165) is 32.7 Å². The Hall–Kier alpha value is -1.06. The highest BCUT2D eigenvalue weighted by Crippen LogP contribution is 2.16. The molecule has 16 heavy (non-hydrogen) atoms. The number of anilines is 1. The molecule has 1 heterocycles. The fourth-order valence-corrected chi connectivity index (χ4v) is 2.07. The van der Waals surface area contributed by atoms with Crippen molar-refractivity contribution in [2.24, 2.45) is 0 Å². The number of benzene rings is 1. The lowest BCUT2D eigenvalue weighted by molar-refractivity contribution is -0.612. The molecule has 1 aromatic carbocycles. The zero-order valence-corrected chi connectivity index (χ0v) is 10.0. The summed E-state index contributed by atoms with van der Waals surface area (Å²) in [4.78, 5) is 4.83. The van der Waals surface area contributed by atoms with Gasteiger partial charge in [0.25, 0.3) is 0 Å². The van der Waals surface area contributed by atoms with Crippen LogP contribution in [0.15, 0.2) is 24.3 Å². The molecule has 1 aromatic rings. The molecule has 0 unspecified atom stereocenters. The number of nitrogens with two attached hydrogens (primary N) is 1. The van der Waals surface area contributed by atoms with Gasteiger partial charge in [-0.1, -0.05) is 12.1 Å². The monoisotopic (exact) mass is 219 g/mol. The number of piperazine rings is 1. The molecule has 1 aliphatic rings. The van der Waals surface area contributed by atoms with E-state index in [9.17, 15) is 0 Å². The predicted molar refractivity (Wildman–Crippen MR) is 67.1 cm³/mol. The summed E-state index contributed by atoms with van der Waals surface area (Å²) in [6.07, 6.45) is 0. The van der Waals surface area contributed by atoms with Gasteiger partial charge >= 0.3 is 0 Å². The highest BCUT2D eigenvalue weighted by molar-refractivity contribution is 5.47. The van der Waals surface area contributed by atoms with Gasteiger partial charge in [-0.3, -0.25) is 0 Å². The second kappa shape index (κ2) is 5.32. The summed E-state index contributed by atoms with van der Waals surface area (Å²) >= 11 is 0. The molecule has 3 nitrogen and oxygen atoms in total. The van der Waals surface area contributed by atoms with Gasteiger partial charge in [0.05, 0.1) is 6.54 Å². The van der Waals surface area contributed by atoms with Gasteiger partial charge in [-0.25, -0.2) is 0 Å². The summed E-state index contributed by atoms with van der Waals surface area (Å²) in [5, 5.41) is 1.95. The van der Waals surface area contributed by atoms with Crippen LogP contribution in [0.5, 0.6) is 0 Å². The van der Waals surface area contributed by atoms with Crippen molar-refractivity contribution < 1.29 is 5.32 Å². The van der Waals surface area contributed by atoms with E-state index in [1.54, 1.807) is 0 Å². The molecule has 0 radical (unpaired) electrons. The Morgan fingerprint density at radius 2 is 1.75 bits per heavy atom. The van der Waals surface area contributed by atoms with Crippen LogP contribution < -0.4 is 10.2 Å². The summed E-state index contributed by atoms with van der Waals surface area (Å²) in [6, 6.07) is 8.86. The standard InChI is InChI=1S/C13H21N3/c1-14-11-12-3-5-13(6-4-12)16-9-7-15(2)8-10-16/h3-6H,1,7-11,14H2,2H3. The minimum Gasteiger partial charge on any atom is -0.475 e. The highest BCUT2D eigenvalue weighted by Gasteiger charge is 2.13. The van der Waals surface area contributed by atoms with Gasteiger partial charge in [-0.05, 0) is 19.2 Å². The Balaban J connectivity index is 1.98. The third-order valence-corrected chi connectivity index (χ3v) is 3.18. The number of quaternary nitrogens is 1. The summed E-state index contributed by atoms with van der Waals surface area (Å²) in [5.41, 5.74) is 2.69. The van der Waals surface area contributed by atoms with Gasteiger partial charge in [0, 0.05) is 37.4 Å². The number of likely N-dealkylation sites (N-methyl/N-ethyl adjacent to an activating group) is 1. The molecular formula is C13H21N3. The van der Waals surface area contributed by atoms with Crippen LogP contribution in [0.3, 0.4) is 0 Å². The summed E-state index contributed by atoms with van der Waals surface area (Å²) in [5.74, 6) is 0.